The van der Waals surface area contributed by atoms with Crippen molar-refractivity contribution in [3.8, 4) is 11.3 Å². The summed E-state index contributed by atoms with van der Waals surface area (Å²) < 4.78 is 12.3. The number of rotatable bonds is 7. The lowest BCUT2D eigenvalue weighted by atomic mass is 10.2. The van der Waals surface area contributed by atoms with Gasteiger partial charge in [-0.05, 0) is 23.8 Å². The molecular formula is C20H17N3O3. The van der Waals surface area contributed by atoms with Gasteiger partial charge < -0.3 is 9.15 Å². The Kier molecular flexibility index (Phi) is 4.57. The van der Waals surface area contributed by atoms with Crippen molar-refractivity contribution < 1.29 is 13.9 Å². The first kappa shape index (κ1) is 16.2. The largest absolute Gasteiger partial charge is 0.472 e. The Morgan fingerprint density at radius 2 is 1.96 bits per heavy atom. The highest BCUT2D eigenvalue weighted by Crippen LogP contribution is 2.20. The molecule has 3 heterocycles. The molecule has 0 unspecified atom stereocenters. The van der Waals surface area contributed by atoms with Crippen LogP contribution in [-0.4, -0.2) is 27.0 Å². The smallest absolute Gasteiger partial charge is 0.166 e. The van der Waals surface area contributed by atoms with E-state index < -0.39 is 0 Å². The molecule has 0 bridgehead atoms. The van der Waals surface area contributed by atoms with Gasteiger partial charge >= 0.3 is 0 Å². The SMILES string of the molecule is O=C(COCc1ccccc1)Cc1nc2cccc(-c3ccoc3)n2n1. The van der Waals surface area contributed by atoms with E-state index in [0.29, 0.717) is 18.1 Å². The second-order valence-corrected chi connectivity index (χ2v) is 5.91. The van der Waals surface area contributed by atoms with Crippen molar-refractivity contribution in [3.05, 3.63) is 78.5 Å². The van der Waals surface area contributed by atoms with Gasteiger partial charge in [0, 0.05) is 5.56 Å². The van der Waals surface area contributed by atoms with E-state index >= 15 is 0 Å². The van der Waals surface area contributed by atoms with Gasteiger partial charge in [0.1, 0.15) is 6.61 Å². The Labute approximate surface area is 150 Å². The van der Waals surface area contributed by atoms with Crippen LogP contribution in [0.3, 0.4) is 0 Å². The number of Topliss-reactive ketones (excluding diaryl/α,β-unsaturated/α-hetero) is 1. The molecule has 0 radical (unpaired) electrons. The number of hydrogen-bond donors (Lipinski definition) is 0. The van der Waals surface area contributed by atoms with Crippen LogP contribution in [0.4, 0.5) is 0 Å². The minimum atomic E-state index is -0.0540. The highest BCUT2D eigenvalue weighted by atomic mass is 16.5. The van der Waals surface area contributed by atoms with E-state index in [-0.39, 0.29) is 18.8 Å². The van der Waals surface area contributed by atoms with Gasteiger partial charge in [-0.2, -0.15) is 5.10 Å². The first-order valence-electron chi connectivity index (χ1n) is 8.30. The first-order valence-corrected chi connectivity index (χ1v) is 8.30. The van der Waals surface area contributed by atoms with Crippen molar-refractivity contribution in [1.29, 1.82) is 0 Å². The molecule has 0 aliphatic rings. The number of pyridine rings is 1. The second kappa shape index (κ2) is 7.33. The standard InChI is InChI=1S/C20H17N3O3/c24-17(14-26-12-15-5-2-1-3-6-15)11-19-21-20-8-4-7-18(23(20)22-19)16-9-10-25-13-16/h1-10,13H,11-12,14H2. The Morgan fingerprint density at radius 3 is 2.77 bits per heavy atom. The monoisotopic (exact) mass is 347 g/mol. The minimum Gasteiger partial charge on any atom is -0.472 e. The lowest BCUT2D eigenvalue weighted by Crippen LogP contribution is -2.12. The van der Waals surface area contributed by atoms with Crippen LogP contribution in [0.2, 0.25) is 0 Å². The van der Waals surface area contributed by atoms with E-state index in [0.717, 1.165) is 16.8 Å². The maximum Gasteiger partial charge on any atom is 0.166 e. The van der Waals surface area contributed by atoms with Gasteiger partial charge in [0.05, 0.1) is 31.2 Å². The molecule has 26 heavy (non-hydrogen) atoms. The molecule has 6 heteroatoms. The van der Waals surface area contributed by atoms with Crippen LogP contribution >= 0.6 is 0 Å². The average Bonchev–Trinajstić information content (AvgIpc) is 3.31. The average molecular weight is 347 g/mol. The molecule has 0 amide bonds. The molecule has 4 aromatic rings. The quantitative estimate of drug-likeness (QED) is 0.513. The summed E-state index contributed by atoms with van der Waals surface area (Å²) in [6.07, 6.45) is 3.40. The number of carbonyl (C=O) groups excluding carboxylic acids is 1. The predicted octanol–water partition coefficient (Wildman–Crippen LogP) is 3.32. The highest BCUT2D eigenvalue weighted by molar-refractivity contribution is 5.81. The van der Waals surface area contributed by atoms with Gasteiger partial charge in [0.2, 0.25) is 0 Å². The first-order chi connectivity index (χ1) is 12.8. The second-order valence-electron chi connectivity index (χ2n) is 5.91. The number of aromatic nitrogens is 3. The summed E-state index contributed by atoms with van der Waals surface area (Å²) in [5.74, 6) is 0.427. The topological polar surface area (TPSA) is 69.6 Å². The Morgan fingerprint density at radius 1 is 1.08 bits per heavy atom. The Hall–Kier alpha value is -3.25. The normalized spacial score (nSPS) is 11.1. The maximum atomic E-state index is 12.2. The molecule has 0 N–H and O–H groups in total. The highest BCUT2D eigenvalue weighted by Gasteiger charge is 2.12. The summed E-state index contributed by atoms with van der Waals surface area (Å²) in [6.45, 7) is 0.453. The van der Waals surface area contributed by atoms with Crippen molar-refractivity contribution in [3.63, 3.8) is 0 Å². The number of carbonyl (C=O) groups is 1. The Bertz CT molecular complexity index is 1010. The van der Waals surface area contributed by atoms with E-state index in [1.807, 2.05) is 54.6 Å². The van der Waals surface area contributed by atoms with Gasteiger partial charge in [-0.15, -0.1) is 0 Å². The van der Waals surface area contributed by atoms with Gasteiger partial charge in [-0.3, -0.25) is 4.79 Å². The van der Waals surface area contributed by atoms with E-state index in [4.69, 9.17) is 9.15 Å². The molecule has 1 aromatic carbocycles. The molecular weight excluding hydrogens is 330 g/mol. The van der Waals surface area contributed by atoms with Crippen molar-refractivity contribution in [1.82, 2.24) is 14.6 Å². The Balaban J connectivity index is 1.42. The summed E-state index contributed by atoms with van der Waals surface area (Å²) in [4.78, 5) is 16.6. The molecule has 0 spiro atoms. The van der Waals surface area contributed by atoms with Crippen LogP contribution in [0.25, 0.3) is 16.9 Å². The van der Waals surface area contributed by atoms with Gasteiger partial charge in [-0.25, -0.2) is 9.50 Å². The van der Waals surface area contributed by atoms with Crippen molar-refractivity contribution in [2.24, 2.45) is 0 Å². The van der Waals surface area contributed by atoms with Crippen LogP contribution in [0.1, 0.15) is 11.4 Å². The summed E-state index contributed by atoms with van der Waals surface area (Å²) in [5.41, 5.74) is 3.50. The van der Waals surface area contributed by atoms with Crippen molar-refractivity contribution in [2.45, 2.75) is 13.0 Å². The van der Waals surface area contributed by atoms with Gasteiger partial charge in [-0.1, -0.05) is 36.4 Å². The van der Waals surface area contributed by atoms with Crippen molar-refractivity contribution in [2.75, 3.05) is 6.61 Å². The van der Waals surface area contributed by atoms with E-state index in [2.05, 4.69) is 10.1 Å². The molecule has 0 saturated heterocycles. The molecule has 0 atom stereocenters. The zero-order chi connectivity index (χ0) is 17.8. The molecule has 130 valence electrons. The number of ketones is 1. The lowest BCUT2D eigenvalue weighted by Gasteiger charge is -2.02. The molecule has 4 rings (SSSR count). The van der Waals surface area contributed by atoms with Crippen LogP contribution in [0.15, 0.2) is 71.5 Å². The molecule has 0 aliphatic carbocycles. The molecule has 3 aromatic heterocycles. The third-order valence-corrected chi connectivity index (χ3v) is 3.95. The third-order valence-electron chi connectivity index (χ3n) is 3.95. The van der Waals surface area contributed by atoms with E-state index in [1.165, 1.54) is 0 Å². The number of ether oxygens (including phenoxy) is 1. The number of nitrogens with zero attached hydrogens (tertiary/aromatic N) is 3. The summed E-state index contributed by atoms with van der Waals surface area (Å²) in [6, 6.07) is 17.3. The van der Waals surface area contributed by atoms with Crippen LogP contribution in [0.5, 0.6) is 0 Å². The fourth-order valence-electron chi connectivity index (χ4n) is 2.74. The zero-order valence-electron chi connectivity index (χ0n) is 14.0. The van der Waals surface area contributed by atoms with Crippen LogP contribution in [-0.2, 0) is 22.6 Å². The zero-order valence-corrected chi connectivity index (χ0v) is 14.0. The minimum absolute atomic E-state index is 0.0407. The fourth-order valence-corrected chi connectivity index (χ4v) is 2.74. The number of hydrogen-bond acceptors (Lipinski definition) is 5. The molecule has 6 nitrogen and oxygen atoms in total. The van der Waals surface area contributed by atoms with E-state index in [9.17, 15) is 4.79 Å². The van der Waals surface area contributed by atoms with Gasteiger partial charge in [0.25, 0.3) is 0 Å². The van der Waals surface area contributed by atoms with E-state index in [1.54, 1.807) is 17.0 Å². The maximum absolute atomic E-state index is 12.2. The lowest BCUT2D eigenvalue weighted by molar-refractivity contribution is -0.123. The molecule has 0 aliphatic heterocycles. The van der Waals surface area contributed by atoms with Crippen LogP contribution in [0, 0.1) is 0 Å². The number of benzene rings is 1. The van der Waals surface area contributed by atoms with Gasteiger partial charge in [0.15, 0.2) is 17.3 Å². The summed E-state index contributed by atoms with van der Waals surface area (Å²) in [5, 5.41) is 4.46. The fraction of sp³-hybridized carbons (Fsp3) is 0.150. The predicted molar refractivity (Wildman–Crippen MR) is 95.5 cm³/mol. The third kappa shape index (κ3) is 3.55. The number of fused-ring (bicyclic) bond motifs is 1. The summed E-state index contributed by atoms with van der Waals surface area (Å²) >= 11 is 0. The van der Waals surface area contributed by atoms with Crippen molar-refractivity contribution >= 4 is 11.4 Å². The summed E-state index contributed by atoms with van der Waals surface area (Å²) in [7, 11) is 0. The molecule has 0 fully saturated rings. The van der Waals surface area contributed by atoms with Crippen LogP contribution < -0.4 is 0 Å². The molecule has 0 saturated carbocycles. The number of furan rings is 1.